The van der Waals surface area contributed by atoms with Crippen molar-refractivity contribution < 1.29 is 14.9 Å². The van der Waals surface area contributed by atoms with Gasteiger partial charge in [-0.1, -0.05) is 52.2 Å². The molecule has 178 valence electrons. The SMILES string of the molecule is COC1CC2C3CC=C4CC(O)CC[C@]4(C)C3CCC2(C)C1C(C)CCCC(C)CO. The van der Waals surface area contributed by atoms with Crippen LogP contribution in [0.25, 0.3) is 0 Å². The third-order valence-electron chi connectivity index (χ3n) is 10.7. The van der Waals surface area contributed by atoms with E-state index in [1.54, 1.807) is 5.57 Å². The van der Waals surface area contributed by atoms with E-state index < -0.39 is 0 Å². The Kier molecular flexibility index (Phi) is 6.98. The van der Waals surface area contributed by atoms with Crippen molar-refractivity contribution in [3.63, 3.8) is 0 Å². The summed E-state index contributed by atoms with van der Waals surface area (Å²) in [4.78, 5) is 0. The van der Waals surface area contributed by atoms with Gasteiger partial charge in [0.25, 0.3) is 0 Å². The van der Waals surface area contributed by atoms with Crippen LogP contribution in [-0.4, -0.2) is 36.1 Å². The molecule has 3 nitrogen and oxygen atoms in total. The monoisotopic (exact) mass is 432 g/mol. The van der Waals surface area contributed by atoms with E-state index in [4.69, 9.17) is 4.74 Å². The van der Waals surface area contributed by atoms with Gasteiger partial charge in [0.2, 0.25) is 0 Å². The first kappa shape index (κ1) is 23.8. The number of methoxy groups -OCH3 is 1. The number of ether oxygens (including phenoxy) is 1. The van der Waals surface area contributed by atoms with E-state index >= 15 is 0 Å². The molecule has 10 atom stereocenters. The number of aliphatic hydroxyl groups is 2. The molecule has 3 saturated carbocycles. The molecule has 4 aliphatic rings. The maximum Gasteiger partial charge on any atom is 0.0610 e. The Hall–Kier alpha value is -0.380. The third-order valence-corrected chi connectivity index (χ3v) is 10.7. The molecule has 0 aromatic carbocycles. The van der Waals surface area contributed by atoms with Crippen LogP contribution in [-0.2, 0) is 4.74 Å². The molecule has 0 heterocycles. The zero-order valence-electron chi connectivity index (χ0n) is 20.8. The van der Waals surface area contributed by atoms with Crippen molar-refractivity contribution in [1.82, 2.24) is 0 Å². The smallest absolute Gasteiger partial charge is 0.0610 e. The molecule has 0 bridgehead atoms. The molecule has 0 amide bonds. The summed E-state index contributed by atoms with van der Waals surface area (Å²) in [6.07, 6.45) is 14.6. The summed E-state index contributed by atoms with van der Waals surface area (Å²) in [7, 11) is 1.94. The molecule has 9 unspecified atom stereocenters. The Balaban J connectivity index is 1.53. The summed E-state index contributed by atoms with van der Waals surface area (Å²) < 4.78 is 6.19. The van der Waals surface area contributed by atoms with Gasteiger partial charge < -0.3 is 14.9 Å². The highest BCUT2D eigenvalue weighted by Gasteiger charge is 2.61. The second-order valence-corrected chi connectivity index (χ2v) is 12.4. The van der Waals surface area contributed by atoms with Crippen LogP contribution in [0.1, 0.15) is 91.9 Å². The Morgan fingerprint density at radius 2 is 1.90 bits per heavy atom. The topological polar surface area (TPSA) is 49.7 Å². The summed E-state index contributed by atoms with van der Waals surface area (Å²) in [5.74, 6) is 4.09. The maximum atomic E-state index is 10.3. The molecule has 31 heavy (non-hydrogen) atoms. The number of aliphatic hydroxyl groups excluding tert-OH is 2. The van der Waals surface area contributed by atoms with Gasteiger partial charge in [0.15, 0.2) is 0 Å². The Morgan fingerprint density at radius 3 is 2.61 bits per heavy atom. The van der Waals surface area contributed by atoms with Gasteiger partial charge in [-0.15, -0.1) is 0 Å². The van der Waals surface area contributed by atoms with Crippen LogP contribution >= 0.6 is 0 Å². The van der Waals surface area contributed by atoms with Crippen LogP contribution in [0, 0.1) is 46.3 Å². The van der Waals surface area contributed by atoms with Crippen molar-refractivity contribution in [2.75, 3.05) is 13.7 Å². The largest absolute Gasteiger partial charge is 0.396 e. The van der Waals surface area contributed by atoms with E-state index in [-0.39, 0.29) is 6.10 Å². The van der Waals surface area contributed by atoms with Crippen LogP contribution < -0.4 is 0 Å². The molecule has 0 aromatic heterocycles. The van der Waals surface area contributed by atoms with E-state index in [1.165, 1.54) is 44.9 Å². The lowest BCUT2D eigenvalue weighted by molar-refractivity contribution is -0.0643. The van der Waals surface area contributed by atoms with Gasteiger partial charge in [-0.05, 0) is 97.7 Å². The first-order chi connectivity index (χ1) is 14.7. The molecule has 4 aliphatic carbocycles. The quantitative estimate of drug-likeness (QED) is 0.486. The fourth-order valence-electron chi connectivity index (χ4n) is 8.99. The number of fused-ring (bicyclic) bond motifs is 5. The highest BCUT2D eigenvalue weighted by atomic mass is 16.5. The molecule has 2 N–H and O–H groups in total. The van der Waals surface area contributed by atoms with Crippen molar-refractivity contribution in [3.05, 3.63) is 11.6 Å². The van der Waals surface area contributed by atoms with Gasteiger partial charge in [0, 0.05) is 13.7 Å². The van der Waals surface area contributed by atoms with Gasteiger partial charge in [0.05, 0.1) is 12.2 Å². The van der Waals surface area contributed by atoms with Crippen LogP contribution in [0.15, 0.2) is 11.6 Å². The van der Waals surface area contributed by atoms with E-state index in [1.807, 2.05) is 7.11 Å². The summed E-state index contributed by atoms with van der Waals surface area (Å²) in [5, 5.41) is 19.6. The summed E-state index contributed by atoms with van der Waals surface area (Å²) >= 11 is 0. The molecule has 0 saturated heterocycles. The molecular formula is C28H48O3. The summed E-state index contributed by atoms with van der Waals surface area (Å²) in [6.45, 7) is 10.1. The first-order valence-electron chi connectivity index (χ1n) is 13.3. The highest BCUT2D eigenvalue weighted by Crippen LogP contribution is 2.67. The second kappa shape index (κ2) is 9.11. The van der Waals surface area contributed by atoms with Crippen molar-refractivity contribution in [1.29, 1.82) is 0 Å². The fourth-order valence-corrected chi connectivity index (χ4v) is 8.99. The predicted molar refractivity (Wildman–Crippen MR) is 127 cm³/mol. The third kappa shape index (κ3) is 4.06. The van der Waals surface area contributed by atoms with Crippen LogP contribution in [0.4, 0.5) is 0 Å². The van der Waals surface area contributed by atoms with Crippen LogP contribution in [0.3, 0.4) is 0 Å². The van der Waals surface area contributed by atoms with Gasteiger partial charge in [-0.3, -0.25) is 0 Å². The predicted octanol–water partition coefficient (Wildman–Crippen LogP) is 5.99. The van der Waals surface area contributed by atoms with E-state index in [9.17, 15) is 10.2 Å². The molecule has 0 aliphatic heterocycles. The van der Waals surface area contributed by atoms with Crippen molar-refractivity contribution >= 4 is 0 Å². The number of hydrogen-bond donors (Lipinski definition) is 2. The normalized spacial score (nSPS) is 46.5. The molecular weight excluding hydrogens is 384 g/mol. The van der Waals surface area contributed by atoms with Gasteiger partial charge in [0.1, 0.15) is 0 Å². The number of allylic oxidation sites excluding steroid dienone is 1. The molecule has 0 aromatic rings. The van der Waals surface area contributed by atoms with Gasteiger partial charge in [-0.2, -0.15) is 0 Å². The second-order valence-electron chi connectivity index (χ2n) is 12.4. The number of hydrogen-bond acceptors (Lipinski definition) is 3. The fraction of sp³-hybridized carbons (Fsp3) is 0.929. The average molecular weight is 433 g/mol. The van der Waals surface area contributed by atoms with E-state index in [0.29, 0.717) is 41.3 Å². The lowest BCUT2D eigenvalue weighted by atomic mass is 9.47. The zero-order chi connectivity index (χ0) is 22.4. The van der Waals surface area contributed by atoms with Crippen LogP contribution in [0.2, 0.25) is 0 Å². The van der Waals surface area contributed by atoms with Gasteiger partial charge in [-0.25, -0.2) is 0 Å². The summed E-state index contributed by atoms with van der Waals surface area (Å²) in [6, 6.07) is 0. The molecule has 0 radical (unpaired) electrons. The van der Waals surface area contributed by atoms with Gasteiger partial charge >= 0.3 is 0 Å². The highest BCUT2D eigenvalue weighted by molar-refractivity contribution is 5.25. The minimum Gasteiger partial charge on any atom is -0.396 e. The lowest BCUT2D eigenvalue weighted by Gasteiger charge is -2.58. The zero-order valence-corrected chi connectivity index (χ0v) is 20.8. The van der Waals surface area contributed by atoms with Crippen molar-refractivity contribution in [2.45, 2.75) is 104 Å². The van der Waals surface area contributed by atoms with E-state index in [0.717, 1.165) is 37.0 Å². The van der Waals surface area contributed by atoms with E-state index in [2.05, 4.69) is 33.8 Å². The first-order valence-corrected chi connectivity index (χ1v) is 13.3. The maximum absolute atomic E-state index is 10.3. The Morgan fingerprint density at radius 1 is 1.13 bits per heavy atom. The molecule has 3 heteroatoms. The minimum absolute atomic E-state index is 0.118. The van der Waals surface area contributed by atoms with Crippen molar-refractivity contribution in [3.8, 4) is 0 Å². The lowest BCUT2D eigenvalue weighted by Crippen LogP contribution is -2.51. The minimum atomic E-state index is -0.118. The standard InChI is InChI=1S/C28H48O3/c1-18(17-29)7-6-8-19(2)26-25(31-5)16-24-22-10-9-20-15-21(30)11-13-27(20,3)23(22)12-14-28(24,26)4/h9,18-19,21-26,29-30H,6-8,10-17H2,1-5H3/t18?,19?,21?,22?,23?,24?,25?,26?,27-,28?/m0/s1. The average Bonchev–Trinajstić information content (AvgIpc) is 3.06. The number of rotatable bonds is 7. The molecule has 3 fully saturated rings. The Labute approximate surface area is 191 Å². The molecule has 0 spiro atoms. The summed E-state index contributed by atoms with van der Waals surface area (Å²) in [5.41, 5.74) is 2.27. The Bertz CT molecular complexity index is 659. The molecule has 4 rings (SSSR count). The van der Waals surface area contributed by atoms with Crippen LogP contribution in [0.5, 0.6) is 0 Å². The van der Waals surface area contributed by atoms with Crippen molar-refractivity contribution in [2.24, 2.45) is 46.3 Å².